The molecule has 6 heteroatoms. The van der Waals surface area contributed by atoms with Crippen LogP contribution in [0.4, 0.5) is 5.69 Å². The minimum atomic E-state index is -3.74. The number of benzene rings is 2. The standard InChI is InChI=1S/C18H22N2O3S/c1-10-11(2)13(4)17(14(5)12(10)3)24(22,23)20-16-8-6-15(7-9-16)18(19)21/h6-9,20H,1-5H3,(H2,19,21). The first-order valence-electron chi connectivity index (χ1n) is 7.56. The van der Waals surface area contributed by atoms with Crippen LogP contribution in [0.1, 0.15) is 38.2 Å². The van der Waals surface area contributed by atoms with E-state index in [4.69, 9.17) is 5.73 Å². The number of nitrogens with two attached hydrogens (primary N) is 1. The van der Waals surface area contributed by atoms with Crippen LogP contribution in [-0.2, 0) is 10.0 Å². The average Bonchev–Trinajstić information content (AvgIpc) is 2.51. The summed E-state index contributed by atoms with van der Waals surface area (Å²) < 4.78 is 28.3. The van der Waals surface area contributed by atoms with Gasteiger partial charge in [0.2, 0.25) is 5.91 Å². The van der Waals surface area contributed by atoms with Crippen molar-refractivity contribution in [2.45, 2.75) is 39.5 Å². The number of carbonyl (C=O) groups excluding carboxylic acids is 1. The largest absolute Gasteiger partial charge is 0.366 e. The number of primary amides is 1. The summed E-state index contributed by atoms with van der Waals surface area (Å²) in [6.45, 7) is 9.49. The first-order chi connectivity index (χ1) is 11.1. The van der Waals surface area contributed by atoms with Crippen LogP contribution in [0.25, 0.3) is 0 Å². The SMILES string of the molecule is Cc1c(C)c(C)c(S(=O)(=O)Nc2ccc(C(N)=O)cc2)c(C)c1C. The molecular weight excluding hydrogens is 324 g/mol. The molecule has 5 nitrogen and oxygen atoms in total. The molecule has 128 valence electrons. The van der Waals surface area contributed by atoms with Crippen molar-refractivity contribution >= 4 is 21.6 Å². The molecule has 2 aromatic rings. The normalized spacial score (nSPS) is 11.4. The number of sulfonamides is 1. The molecule has 0 heterocycles. The van der Waals surface area contributed by atoms with Crippen LogP contribution in [0.5, 0.6) is 0 Å². The molecule has 3 N–H and O–H groups in total. The maximum absolute atomic E-state index is 12.9. The summed E-state index contributed by atoms with van der Waals surface area (Å²) in [5.74, 6) is -0.555. The van der Waals surface area contributed by atoms with Gasteiger partial charge < -0.3 is 5.73 Å². The molecule has 0 fully saturated rings. The second kappa shape index (κ2) is 6.28. The van der Waals surface area contributed by atoms with Gasteiger partial charge >= 0.3 is 0 Å². The predicted octanol–water partition coefficient (Wildman–Crippen LogP) is 3.13. The molecule has 2 aromatic carbocycles. The summed E-state index contributed by atoms with van der Waals surface area (Å²) >= 11 is 0. The van der Waals surface area contributed by atoms with E-state index in [9.17, 15) is 13.2 Å². The summed E-state index contributed by atoms with van der Waals surface area (Å²) in [6, 6.07) is 6.03. The molecule has 0 unspecified atom stereocenters. The highest BCUT2D eigenvalue weighted by molar-refractivity contribution is 7.92. The lowest BCUT2D eigenvalue weighted by Gasteiger charge is -2.19. The van der Waals surface area contributed by atoms with Crippen LogP contribution in [0.3, 0.4) is 0 Å². The lowest BCUT2D eigenvalue weighted by atomic mass is 9.95. The van der Waals surface area contributed by atoms with Crippen LogP contribution in [0.15, 0.2) is 29.2 Å². The maximum atomic E-state index is 12.9. The van der Waals surface area contributed by atoms with Gasteiger partial charge in [-0.15, -0.1) is 0 Å². The highest BCUT2D eigenvalue weighted by atomic mass is 32.2. The summed E-state index contributed by atoms with van der Waals surface area (Å²) in [5.41, 5.74) is 10.5. The third-order valence-corrected chi connectivity index (χ3v) is 6.28. The van der Waals surface area contributed by atoms with Gasteiger partial charge in [0, 0.05) is 11.3 Å². The van der Waals surface area contributed by atoms with Crippen molar-refractivity contribution in [3.05, 3.63) is 57.6 Å². The third-order valence-electron chi connectivity index (χ3n) is 4.62. The zero-order valence-electron chi connectivity index (χ0n) is 14.5. The highest BCUT2D eigenvalue weighted by Gasteiger charge is 2.23. The molecule has 0 atom stereocenters. The third kappa shape index (κ3) is 3.14. The maximum Gasteiger partial charge on any atom is 0.262 e. The van der Waals surface area contributed by atoms with E-state index >= 15 is 0 Å². The Morgan fingerprint density at radius 1 is 0.833 bits per heavy atom. The van der Waals surface area contributed by atoms with Crippen molar-refractivity contribution in [3.63, 3.8) is 0 Å². The van der Waals surface area contributed by atoms with E-state index in [0.717, 1.165) is 27.8 Å². The monoisotopic (exact) mass is 346 g/mol. The average molecular weight is 346 g/mol. The number of nitrogens with one attached hydrogen (secondary N) is 1. The Hall–Kier alpha value is -2.34. The van der Waals surface area contributed by atoms with E-state index in [-0.39, 0.29) is 0 Å². The first-order valence-corrected chi connectivity index (χ1v) is 9.04. The fourth-order valence-corrected chi connectivity index (χ4v) is 4.44. The van der Waals surface area contributed by atoms with Crippen molar-refractivity contribution in [1.29, 1.82) is 0 Å². The number of anilines is 1. The fourth-order valence-electron chi connectivity index (χ4n) is 2.78. The van der Waals surface area contributed by atoms with E-state index < -0.39 is 15.9 Å². The van der Waals surface area contributed by atoms with E-state index in [1.165, 1.54) is 24.3 Å². The Labute approximate surface area is 142 Å². The summed E-state index contributed by atoms with van der Waals surface area (Å²) in [6.07, 6.45) is 0. The molecule has 0 spiro atoms. The van der Waals surface area contributed by atoms with Crippen molar-refractivity contribution in [3.8, 4) is 0 Å². The number of carbonyl (C=O) groups is 1. The first kappa shape index (κ1) is 18.0. The van der Waals surface area contributed by atoms with Crippen LogP contribution < -0.4 is 10.5 Å². The summed E-state index contributed by atoms with van der Waals surface area (Å²) in [4.78, 5) is 11.4. The van der Waals surface area contributed by atoms with Crippen LogP contribution >= 0.6 is 0 Å². The molecule has 0 saturated heterocycles. The molecular formula is C18H22N2O3S. The number of hydrogen-bond donors (Lipinski definition) is 2. The highest BCUT2D eigenvalue weighted by Crippen LogP contribution is 2.30. The summed E-state index contributed by atoms with van der Waals surface area (Å²) in [7, 11) is -3.74. The van der Waals surface area contributed by atoms with E-state index in [1.54, 1.807) is 0 Å². The van der Waals surface area contributed by atoms with E-state index in [2.05, 4.69) is 4.72 Å². The molecule has 0 aromatic heterocycles. The topological polar surface area (TPSA) is 89.3 Å². The Bertz CT molecular complexity index is 885. The van der Waals surface area contributed by atoms with Crippen molar-refractivity contribution in [2.75, 3.05) is 4.72 Å². The lowest BCUT2D eigenvalue weighted by Crippen LogP contribution is -2.18. The van der Waals surface area contributed by atoms with Crippen molar-refractivity contribution in [1.82, 2.24) is 0 Å². The Morgan fingerprint density at radius 3 is 1.67 bits per heavy atom. The Morgan fingerprint density at radius 2 is 1.25 bits per heavy atom. The minimum Gasteiger partial charge on any atom is -0.366 e. The van der Waals surface area contributed by atoms with Gasteiger partial charge in [-0.25, -0.2) is 8.42 Å². The van der Waals surface area contributed by atoms with Gasteiger partial charge in [0.25, 0.3) is 10.0 Å². The van der Waals surface area contributed by atoms with Crippen molar-refractivity contribution < 1.29 is 13.2 Å². The zero-order chi connectivity index (χ0) is 18.2. The van der Waals surface area contributed by atoms with Crippen LogP contribution in [0.2, 0.25) is 0 Å². The second-order valence-corrected chi connectivity index (χ2v) is 7.62. The Balaban J connectivity index is 2.50. The molecule has 0 saturated carbocycles. The number of rotatable bonds is 4. The van der Waals surface area contributed by atoms with Gasteiger partial charge in [-0.3, -0.25) is 9.52 Å². The molecule has 0 aliphatic heterocycles. The predicted molar refractivity (Wildman–Crippen MR) is 95.9 cm³/mol. The molecule has 24 heavy (non-hydrogen) atoms. The second-order valence-electron chi connectivity index (χ2n) is 6.00. The quantitative estimate of drug-likeness (QED) is 0.891. The molecule has 2 rings (SSSR count). The molecule has 0 radical (unpaired) electrons. The van der Waals surface area contributed by atoms with E-state index in [1.807, 2.05) is 34.6 Å². The van der Waals surface area contributed by atoms with Gasteiger partial charge in [0.05, 0.1) is 4.90 Å². The van der Waals surface area contributed by atoms with Crippen molar-refractivity contribution in [2.24, 2.45) is 5.73 Å². The molecule has 1 amide bonds. The smallest absolute Gasteiger partial charge is 0.262 e. The van der Waals surface area contributed by atoms with Crippen LogP contribution in [-0.4, -0.2) is 14.3 Å². The number of amides is 1. The zero-order valence-corrected chi connectivity index (χ0v) is 15.3. The fraction of sp³-hybridized carbons (Fsp3) is 0.278. The van der Waals surface area contributed by atoms with Crippen LogP contribution in [0, 0.1) is 34.6 Å². The molecule has 0 bridgehead atoms. The van der Waals surface area contributed by atoms with E-state index in [0.29, 0.717) is 16.1 Å². The summed E-state index contributed by atoms with van der Waals surface area (Å²) in [5, 5.41) is 0. The van der Waals surface area contributed by atoms with Gasteiger partial charge in [0.1, 0.15) is 0 Å². The Kier molecular flexibility index (Phi) is 4.71. The van der Waals surface area contributed by atoms with Gasteiger partial charge in [-0.05, 0) is 86.7 Å². The molecule has 0 aliphatic carbocycles. The van der Waals surface area contributed by atoms with Gasteiger partial charge in [0.15, 0.2) is 0 Å². The minimum absolute atomic E-state index is 0.307. The van der Waals surface area contributed by atoms with Gasteiger partial charge in [-0.1, -0.05) is 0 Å². The van der Waals surface area contributed by atoms with Gasteiger partial charge in [-0.2, -0.15) is 0 Å². The number of hydrogen-bond acceptors (Lipinski definition) is 3. The lowest BCUT2D eigenvalue weighted by molar-refractivity contribution is 0.100. The molecule has 0 aliphatic rings.